The second kappa shape index (κ2) is 8.69. The quantitative estimate of drug-likeness (QED) is 0.494. The average molecular weight is 506 g/mol. The monoisotopic (exact) mass is 505 g/mol. The summed E-state index contributed by atoms with van der Waals surface area (Å²) in [6.45, 7) is 1.02. The minimum Gasteiger partial charge on any atom is -0.487 e. The van der Waals surface area contributed by atoms with Gasteiger partial charge in [0.15, 0.2) is 0 Å². The fourth-order valence-corrected chi connectivity index (χ4v) is 6.87. The number of aromatic nitrogens is 1. The fourth-order valence-electron chi connectivity index (χ4n) is 3.89. The number of hydrogen-bond acceptors (Lipinski definition) is 7. The van der Waals surface area contributed by atoms with E-state index in [0.29, 0.717) is 28.2 Å². The molecule has 1 fully saturated rings. The van der Waals surface area contributed by atoms with E-state index in [1.807, 2.05) is 23.1 Å². The summed E-state index contributed by atoms with van der Waals surface area (Å²) in [7, 11) is -8.04. The summed E-state index contributed by atoms with van der Waals surface area (Å²) in [5.74, 6) is -0.559. The van der Waals surface area contributed by atoms with Crippen LogP contribution in [-0.4, -0.2) is 64.2 Å². The van der Waals surface area contributed by atoms with E-state index >= 15 is 0 Å². The molecule has 1 aromatic heterocycles. The van der Waals surface area contributed by atoms with Crippen molar-refractivity contribution < 1.29 is 31.5 Å². The van der Waals surface area contributed by atoms with E-state index in [4.69, 9.17) is 4.74 Å². The van der Waals surface area contributed by atoms with Crippen molar-refractivity contribution in [3.05, 3.63) is 72.6 Å². The van der Waals surface area contributed by atoms with Crippen LogP contribution in [0.2, 0.25) is 0 Å². The Hall–Kier alpha value is -3.51. The zero-order valence-electron chi connectivity index (χ0n) is 18.4. The lowest BCUT2D eigenvalue weighted by atomic mass is 10.1. The first-order valence-electron chi connectivity index (χ1n) is 10.2. The first-order valence-corrected chi connectivity index (χ1v) is 13.9. The van der Waals surface area contributed by atoms with Gasteiger partial charge in [0, 0.05) is 12.4 Å². The smallest absolute Gasteiger partial charge is 0.337 e. The highest BCUT2D eigenvalue weighted by Gasteiger charge is 2.32. The van der Waals surface area contributed by atoms with Gasteiger partial charge in [0.05, 0.1) is 48.2 Å². The Morgan fingerprint density at radius 2 is 1.53 bits per heavy atom. The van der Waals surface area contributed by atoms with Crippen LogP contribution in [0, 0.1) is 0 Å². The summed E-state index contributed by atoms with van der Waals surface area (Å²) in [6, 6.07) is 14.5. The molecule has 10 nitrogen and oxygen atoms in total. The maximum absolute atomic E-state index is 11.9. The Bertz CT molecular complexity index is 1380. The van der Waals surface area contributed by atoms with Crippen LogP contribution >= 0.6 is 0 Å². The molecule has 0 spiro atoms. The molecule has 2 heterocycles. The number of carboxylic acid groups (broad SMARTS) is 1. The van der Waals surface area contributed by atoms with Gasteiger partial charge >= 0.3 is 5.97 Å². The molecule has 0 amide bonds. The van der Waals surface area contributed by atoms with Crippen LogP contribution in [0.5, 0.6) is 5.75 Å². The summed E-state index contributed by atoms with van der Waals surface area (Å²) in [5.41, 5.74) is 1.53. The van der Waals surface area contributed by atoms with E-state index in [-0.39, 0.29) is 17.4 Å². The minimum atomic E-state index is -4.02. The molecule has 12 heteroatoms. The van der Waals surface area contributed by atoms with E-state index in [2.05, 4.69) is 0 Å². The number of anilines is 2. The number of benzene rings is 2. The van der Waals surface area contributed by atoms with Gasteiger partial charge in [0.2, 0.25) is 20.0 Å². The summed E-state index contributed by atoms with van der Waals surface area (Å²) < 4.78 is 55.7. The highest BCUT2D eigenvalue weighted by Crippen LogP contribution is 2.33. The second-order valence-electron chi connectivity index (χ2n) is 7.93. The number of para-hydroxylation sites is 1. The third-order valence-corrected chi connectivity index (χ3v) is 8.50. The number of ether oxygens (including phenoxy) is 1. The van der Waals surface area contributed by atoms with Crippen LogP contribution in [0.25, 0.3) is 5.69 Å². The maximum atomic E-state index is 11.9. The van der Waals surface area contributed by atoms with Crippen LogP contribution < -0.4 is 13.3 Å². The topological polar surface area (TPSA) is 126 Å². The number of rotatable bonds is 8. The van der Waals surface area contributed by atoms with Gasteiger partial charge in [0.1, 0.15) is 11.9 Å². The summed E-state index contributed by atoms with van der Waals surface area (Å²) in [6.07, 6.45) is 5.04. The zero-order valence-corrected chi connectivity index (χ0v) is 20.0. The number of carbonyl (C=O) groups is 1. The molecule has 4 rings (SSSR count). The molecule has 0 saturated carbocycles. The van der Waals surface area contributed by atoms with E-state index in [0.717, 1.165) is 18.2 Å². The molecular weight excluding hydrogens is 482 g/mol. The number of sulfonamides is 2. The van der Waals surface area contributed by atoms with Crippen molar-refractivity contribution in [2.24, 2.45) is 0 Å². The maximum Gasteiger partial charge on any atom is 0.337 e. The highest BCUT2D eigenvalue weighted by molar-refractivity contribution is 8.09. The number of hydrogen-bond donors (Lipinski definition) is 1. The van der Waals surface area contributed by atoms with Crippen molar-refractivity contribution in [3.63, 3.8) is 0 Å². The van der Waals surface area contributed by atoms with E-state index in [1.165, 1.54) is 24.3 Å². The lowest BCUT2D eigenvalue weighted by Gasteiger charge is -2.41. The molecule has 0 bridgehead atoms. The molecule has 3 aromatic rings. The van der Waals surface area contributed by atoms with Crippen LogP contribution in [0.1, 0.15) is 10.4 Å². The molecule has 0 unspecified atom stereocenters. The van der Waals surface area contributed by atoms with Crippen molar-refractivity contribution in [2.75, 3.05) is 34.2 Å². The molecule has 2 aromatic carbocycles. The molecule has 0 radical (unpaired) electrons. The van der Waals surface area contributed by atoms with Gasteiger partial charge in [-0.15, -0.1) is 0 Å². The molecule has 180 valence electrons. The van der Waals surface area contributed by atoms with Gasteiger partial charge in [0.25, 0.3) is 0 Å². The van der Waals surface area contributed by atoms with Crippen molar-refractivity contribution in [1.29, 1.82) is 0 Å². The summed E-state index contributed by atoms with van der Waals surface area (Å²) >= 11 is 0. The molecule has 0 atom stereocenters. The van der Waals surface area contributed by atoms with E-state index < -0.39 is 26.0 Å². The fraction of sp³-hybridized carbons (Fsp3) is 0.227. The van der Waals surface area contributed by atoms with Gasteiger partial charge in [-0.05, 0) is 48.5 Å². The highest BCUT2D eigenvalue weighted by atomic mass is 32.3. The molecule has 1 saturated heterocycles. The molecular formula is C22H23N3O7S2. The third kappa shape index (κ3) is 4.73. The second-order valence-corrected chi connectivity index (χ2v) is 11.8. The van der Waals surface area contributed by atoms with Gasteiger partial charge in [-0.1, -0.05) is 6.07 Å². The van der Waals surface area contributed by atoms with Crippen LogP contribution in [0.4, 0.5) is 11.4 Å². The van der Waals surface area contributed by atoms with Crippen LogP contribution in [-0.2, 0) is 20.0 Å². The summed E-state index contributed by atoms with van der Waals surface area (Å²) in [4.78, 5) is 13.8. The Labute approximate surface area is 197 Å². The predicted octanol–water partition coefficient (Wildman–Crippen LogP) is 2.17. The largest absolute Gasteiger partial charge is 0.487 e. The van der Waals surface area contributed by atoms with E-state index in [1.54, 1.807) is 29.1 Å². The van der Waals surface area contributed by atoms with E-state index in [9.17, 15) is 26.7 Å². The predicted molar refractivity (Wildman–Crippen MR) is 128 cm³/mol. The lowest BCUT2D eigenvalue weighted by molar-refractivity contribution is 0.0697. The Morgan fingerprint density at radius 1 is 0.941 bits per heavy atom. The first-order chi connectivity index (χ1) is 15.9. The summed E-state index contributed by atoms with van der Waals surface area (Å²) in [5, 5.41) is 9.63. The Balaban J connectivity index is 1.49. The van der Waals surface area contributed by atoms with Crippen LogP contribution in [0.15, 0.2) is 67.0 Å². The first kappa shape index (κ1) is 23.6. The number of nitrogens with zero attached hydrogens (tertiary/aromatic N) is 3. The molecule has 34 heavy (non-hydrogen) atoms. The van der Waals surface area contributed by atoms with Gasteiger partial charge in [-0.2, -0.15) is 3.71 Å². The SMILES string of the molecule is CS(=O)(=O)N(c1ccc(OC2CN(c3cccc(C(=O)O)c3-n3cccc3)C2)cc1)S(C)(=O)=O. The van der Waals surface area contributed by atoms with Gasteiger partial charge < -0.3 is 19.3 Å². The minimum absolute atomic E-state index is 0.00515. The third-order valence-electron chi connectivity index (χ3n) is 5.25. The normalized spacial score (nSPS) is 14.5. The lowest BCUT2D eigenvalue weighted by Crippen LogP contribution is -2.54. The Morgan fingerprint density at radius 3 is 2.06 bits per heavy atom. The van der Waals surface area contributed by atoms with Crippen molar-refractivity contribution in [1.82, 2.24) is 4.57 Å². The standard InChI is InChI=1S/C22H23N3O7S2/c1-33(28,29)25(34(2,30)31)16-8-10-17(11-9-16)32-18-14-24(15-18)20-7-5-6-19(22(26)27)21(20)23-12-3-4-13-23/h3-13,18H,14-15H2,1-2H3,(H,26,27). The molecule has 0 aliphatic carbocycles. The van der Waals surface area contributed by atoms with Crippen molar-refractivity contribution >= 4 is 37.4 Å². The van der Waals surface area contributed by atoms with Gasteiger partial charge in [-0.25, -0.2) is 21.6 Å². The van der Waals surface area contributed by atoms with Crippen molar-refractivity contribution in [2.45, 2.75) is 6.10 Å². The van der Waals surface area contributed by atoms with Gasteiger partial charge in [-0.3, -0.25) is 0 Å². The van der Waals surface area contributed by atoms with Crippen LogP contribution in [0.3, 0.4) is 0 Å². The Kier molecular flexibility index (Phi) is 6.04. The molecule has 1 N–H and O–H groups in total. The number of carboxylic acids is 1. The number of aromatic carboxylic acids is 1. The zero-order chi connectivity index (χ0) is 24.7. The molecule has 1 aliphatic rings. The average Bonchev–Trinajstić information content (AvgIpc) is 3.23. The molecule has 1 aliphatic heterocycles. The van der Waals surface area contributed by atoms with Crippen molar-refractivity contribution in [3.8, 4) is 11.4 Å².